The number of carbonyl (C=O) groups excluding carboxylic acids is 1. The summed E-state index contributed by atoms with van der Waals surface area (Å²) in [5, 5.41) is 18.5. The maximum absolute atomic E-state index is 12.2. The van der Waals surface area contributed by atoms with Crippen molar-refractivity contribution in [3.63, 3.8) is 0 Å². The third-order valence-electron chi connectivity index (χ3n) is 3.18. The molecule has 21 heavy (non-hydrogen) atoms. The molecule has 0 atom stereocenters. The molecule has 0 unspecified atom stereocenters. The summed E-state index contributed by atoms with van der Waals surface area (Å²) in [6, 6.07) is 13.7. The molecular weight excluding hydrogens is 268 g/mol. The molecule has 0 saturated heterocycles. The Hall–Kier alpha value is -2.95. The van der Waals surface area contributed by atoms with Gasteiger partial charge in [-0.05, 0) is 18.2 Å². The fraction of sp³-hybridized carbons (Fsp3) is 0.0625. The predicted molar refractivity (Wildman–Crippen MR) is 78.0 cm³/mol. The molecule has 3 aromatic rings. The molecule has 5 nitrogen and oxygen atoms in total. The van der Waals surface area contributed by atoms with Crippen molar-refractivity contribution in [2.45, 2.75) is 0 Å². The van der Waals surface area contributed by atoms with Gasteiger partial charge in [-0.2, -0.15) is 0 Å². The maximum atomic E-state index is 12.2. The molecule has 3 rings (SSSR count). The quantitative estimate of drug-likeness (QED) is 0.731. The molecule has 0 aliphatic heterocycles. The summed E-state index contributed by atoms with van der Waals surface area (Å²) in [6.45, 7) is 0. The first kappa shape index (κ1) is 13.1. The number of nitrogens with zero attached hydrogens (tertiary/aromatic N) is 2. The highest BCUT2D eigenvalue weighted by atomic mass is 16.5. The third-order valence-corrected chi connectivity index (χ3v) is 3.18. The van der Waals surface area contributed by atoms with E-state index in [1.54, 1.807) is 30.3 Å². The van der Waals surface area contributed by atoms with Crippen LogP contribution in [0, 0.1) is 0 Å². The molecule has 2 aromatic carbocycles. The standard InChI is InChI=1S/C16H12N2O3/c1-21-16(20)14-12-7-2-3-8-13(12)17-18-15(14)10-5-4-6-11(19)9-10/h2-9,19H,1H3. The Morgan fingerprint density at radius 1 is 1.10 bits per heavy atom. The minimum absolute atomic E-state index is 0.0956. The first-order valence-electron chi connectivity index (χ1n) is 6.34. The van der Waals surface area contributed by atoms with Gasteiger partial charge < -0.3 is 9.84 Å². The zero-order valence-corrected chi connectivity index (χ0v) is 11.3. The third kappa shape index (κ3) is 2.29. The van der Waals surface area contributed by atoms with Crippen LogP contribution in [0.5, 0.6) is 5.75 Å². The maximum Gasteiger partial charge on any atom is 0.340 e. The van der Waals surface area contributed by atoms with Gasteiger partial charge in [0.1, 0.15) is 11.4 Å². The number of rotatable bonds is 2. The lowest BCUT2D eigenvalue weighted by molar-refractivity contribution is 0.0603. The molecule has 0 bridgehead atoms. The Labute approximate surface area is 120 Å². The van der Waals surface area contributed by atoms with Crippen molar-refractivity contribution in [1.82, 2.24) is 10.2 Å². The molecule has 0 spiro atoms. The highest BCUT2D eigenvalue weighted by Gasteiger charge is 2.19. The smallest absolute Gasteiger partial charge is 0.340 e. The Morgan fingerprint density at radius 2 is 1.90 bits per heavy atom. The topological polar surface area (TPSA) is 72.3 Å². The van der Waals surface area contributed by atoms with Crippen LogP contribution in [0.15, 0.2) is 48.5 Å². The molecular formula is C16H12N2O3. The van der Waals surface area contributed by atoms with Crippen LogP contribution in [0.1, 0.15) is 10.4 Å². The summed E-state index contributed by atoms with van der Waals surface area (Å²) in [4.78, 5) is 12.2. The van der Waals surface area contributed by atoms with E-state index < -0.39 is 5.97 Å². The van der Waals surface area contributed by atoms with Gasteiger partial charge in [0.15, 0.2) is 0 Å². The van der Waals surface area contributed by atoms with E-state index in [2.05, 4.69) is 10.2 Å². The van der Waals surface area contributed by atoms with E-state index in [9.17, 15) is 9.90 Å². The Morgan fingerprint density at radius 3 is 2.67 bits per heavy atom. The summed E-state index contributed by atoms with van der Waals surface area (Å²) in [5.74, 6) is -0.391. The molecule has 0 saturated carbocycles. The highest BCUT2D eigenvalue weighted by Crippen LogP contribution is 2.29. The zero-order chi connectivity index (χ0) is 14.8. The predicted octanol–water partition coefficient (Wildman–Crippen LogP) is 2.79. The van der Waals surface area contributed by atoms with Crippen LogP contribution in [-0.2, 0) is 4.74 Å². The van der Waals surface area contributed by atoms with Gasteiger partial charge in [-0.1, -0.05) is 30.3 Å². The van der Waals surface area contributed by atoms with Gasteiger partial charge in [0.25, 0.3) is 0 Å². The van der Waals surface area contributed by atoms with Crippen LogP contribution in [0.25, 0.3) is 22.2 Å². The second kappa shape index (κ2) is 5.20. The summed E-state index contributed by atoms with van der Waals surface area (Å²) < 4.78 is 4.87. The summed E-state index contributed by atoms with van der Waals surface area (Å²) in [6.07, 6.45) is 0. The zero-order valence-electron chi connectivity index (χ0n) is 11.3. The van der Waals surface area contributed by atoms with Crippen molar-refractivity contribution < 1.29 is 14.6 Å². The number of phenolic OH excluding ortho intramolecular Hbond substituents is 1. The monoisotopic (exact) mass is 280 g/mol. The number of esters is 1. The molecule has 5 heteroatoms. The van der Waals surface area contributed by atoms with Crippen molar-refractivity contribution >= 4 is 16.9 Å². The molecule has 1 heterocycles. The van der Waals surface area contributed by atoms with Gasteiger partial charge in [-0.15, -0.1) is 10.2 Å². The Bertz CT molecular complexity index is 831. The SMILES string of the molecule is COC(=O)c1c(-c2cccc(O)c2)nnc2ccccc12. The van der Waals surface area contributed by atoms with E-state index in [0.717, 1.165) is 0 Å². The van der Waals surface area contributed by atoms with Crippen molar-refractivity contribution in [3.05, 3.63) is 54.1 Å². The van der Waals surface area contributed by atoms with Crippen molar-refractivity contribution in [2.24, 2.45) is 0 Å². The van der Waals surface area contributed by atoms with Crippen LogP contribution in [-0.4, -0.2) is 28.4 Å². The number of hydrogen-bond donors (Lipinski definition) is 1. The largest absolute Gasteiger partial charge is 0.508 e. The first-order valence-corrected chi connectivity index (χ1v) is 6.34. The van der Waals surface area contributed by atoms with Crippen LogP contribution in [0.4, 0.5) is 0 Å². The van der Waals surface area contributed by atoms with Crippen molar-refractivity contribution in [3.8, 4) is 17.0 Å². The van der Waals surface area contributed by atoms with Gasteiger partial charge in [0, 0.05) is 10.9 Å². The van der Waals surface area contributed by atoms with Crippen molar-refractivity contribution in [1.29, 1.82) is 0 Å². The Kier molecular flexibility index (Phi) is 3.23. The van der Waals surface area contributed by atoms with E-state index in [-0.39, 0.29) is 5.75 Å². The molecule has 0 fully saturated rings. The van der Waals surface area contributed by atoms with E-state index in [4.69, 9.17) is 4.74 Å². The molecule has 0 amide bonds. The second-order valence-electron chi connectivity index (χ2n) is 4.48. The van der Waals surface area contributed by atoms with Crippen LogP contribution in [0.3, 0.4) is 0 Å². The molecule has 1 aromatic heterocycles. The highest BCUT2D eigenvalue weighted by molar-refractivity contribution is 6.08. The van der Waals surface area contributed by atoms with Gasteiger partial charge in [-0.25, -0.2) is 4.79 Å². The number of phenols is 1. The lowest BCUT2D eigenvalue weighted by Gasteiger charge is -2.09. The Balaban J connectivity index is 2.34. The van der Waals surface area contributed by atoms with E-state index >= 15 is 0 Å². The second-order valence-corrected chi connectivity index (χ2v) is 4.48. The molecule has 0 aliphatic carbocycles. The van der Waals surface area contributed by atoms with Crippen LogP contribution >= 0.6 is 0 Å². The number of ether oxygens (including phenoxy) is 1. The van der Waals surface area contributed by atoms with Gasteiger partial charge in [0.2, 0.25) is 0 Å². The van der Waals surface area contributed by atoms with E-state index in [0.29, 0.717) is 27.7 Å². The number of hydrogen-bond acceptors (Lipinski definition) is 5. The normalized spacial score (nSPS) is 10.5. The minimum Gasteiger partial charge on any atom is -0.508 e. The lowest BCUT2D eigenvalue weighted by Crippen LogP contribution is -2.07. The number of carbonyl (C=O) groups is 1. The average molecular weight is 280 g/mol. The molecule has 1 N–H and O–H groups in total. The van der Waals surface area contributed by atoms with Crippen molar-refractivity contribution in [2.75, 3.05) is 7.11 Å². The fourth-order valence-electron chi connectivity index (χ4n) is 2.22. The van der Waals surface area contributed by atoms with Gasteiger partial charge in [-0.3, -0.25) is 0 Å². The fourth-order valence-corrected chi connectivity index (χ4v) is 2.22. The summed E-state index contributed by atoms with van der Waals surface area (Å²) in [5.41, 5.74) is 1.95. The van der Waals surface area contributed by atoms with E-state index in [1.165, 1.54) is 13.2 Å². The van der Waals surface area contributed by atoms with Gasteiger partial charge >= 0.3 is 5.97 Å². The summed E-state index contributed by atoms with van der Waals surface area (Å²) >= 11 is 0. The number of aromatic hydroxyl groups is 1. The minimum atomic E-state index is -0.487. The first-order chi connectivity index (χ1) is 10.2. The number of benzene rings is 2. The number of fused-ring (bicyclic) bond motifs is 1. The van der Waals surface area contributed by atoms with Crippen LogP contribution < -0.4 is 0 Å². The summed E-state index contributed by atoms with van der Waals surface area (Å²) in [7, 11) is 1.32. The lowest BCUT2D eigenvalue weighted by atomic mass is 10.0. The number of aromatic nitrogens is 2. The van der Waals surface area contributed by atoms with Crippen LogP contribution in [0.2, 0.25) is 0 Å². The van der Waals surface area contributed by atoms with E-state index in [1.807, 2.05) is 12.1 Å². The molecule has 0 aliphatic rings. The molecule has 0 radical (unpaired) electrons. The number of methoxy groups -OCH3 is 1. The average Bonchev–Trinajstić information content (AvgIpc) is 2.53. The van der Waals surface area contributed by atoms with Gasteiger partial charge in [0.05, 0.1) is 18.2 Å². The molecule has 104 valence electrons.